The molecule has 1 aromatic heterocycles. The number of nitrogens with zero attached hydrogens (tertiary/aromatic N) is 1. The first kappa shape index (κ1) is 20.3. The van der Waals surface area contributed by atoms with E-state index < -0.39 is 0 Å². The van der Waals surface area contributed by atoms with Crippen LogP contribution in [0.1, 0.15) is 0 Å². The number of aromatic amines is 1. The second-order valence-corrected chi connectivity index (χ2v) is 8.32. The Hall–Kier alpha value is -3.63. The van der Waals surface area contributed by atoms with Crippen LogP contribution in [0.4, 0.5) is 0 Å². The molecule has 0 amide bonds. The van der Waals surface area contributed by atoms with Crippen LogP contribution in [0.2, 0.25) is 0 Å². The molecular formula is C28H21BrN2O. The molecular weight excluding hydrogens is 460 g/mol. The van der Waals surface area contributed by atoms with Crippen molar-refractivity contribution in [3.05, 3.63) is 108 Å². The number of hydrogen-bond acceptors (Lipinski definition) is 2. The van der Waals surface area contributed by atoms with Crippen LogP contribution < -0.4 is 4.74 Å². The largest absolute Gasteiger partial charge is 0.496 e. The third-order valence-corrected chi connectivity index (χ3v) is 6.08. The topological polar surface area (TPSA) is 37.9 Å². The molecule has 0 aliphatic heterocycles. The lowest BCUT2D eigenvalue weighted by atomic mass is 10.0. The zero-order chi connectivity index (χ0) is 21.9. The molecule has 0 spiro atoms. The first-order valence-corrected chi connectivity index (χ1v) is 11.2. The normalized spacial score (nSPS) is 10.8. The van der Waals surface area contributed by atoms with Crippen molar-refractivity contribution in [3.8, 4) is 50.8 Å². The fourth-order valence-electron chi connectivity index (χ4n) is 3.80. The Bertz CT molecular complexity index is 1340. The first-order chi connectivity index (χ1) is 15.7. The minimum atomic E-state index is 0.792. The highest BCUT2D eigenvalue weighted by atomic mass is 79.9. The number of ether oxygens (including phenoxy) is 1. The molecule has 0 radical (unpaired) electrons. The quantitative estimate of drug-likeness (QED) is 0.278. The number of aromatic nitrogens is 2. The van der Waals surface area contributed by atoms with E-state index in [4.69, 9.17) is 9.72 Å². The lowest BCUT2D eigenvalue weighted by Gasteiger charge is -2.06. The van der Waals surface area contributed by atoms with Crippen LogP contribution in [-0.2, 0) is 0 Å². The number of rotatable bonds is 5. The van der Waals surface area contributed by atoms with Gasteiger partial charge in [0.1, 0.15) is 11.6 Å². The fraction of sp³-hybridized carbons (Fsp3) is 0.0357. The Kier molecular flexibility index (Phi) is 5.61. The lowest BCUT2D eigenvalue weighted by molar-refractivity contribution is 0.412. The summed E-state index contributed by atoms with van der Waals surface area (Å²) in [5.74, 6) is 1.61. The van der Waals surface area contributed by atoms with Gasteiger partial charge >= 0.3 is 0 Å². The minimum Gasteiger partial charge on any atom is -0.496 e. The van der Waals surface area contributed by atoms with E-state index in [1.807, 2.05) is 42.5 Å². The highest BCUT2D eigenvalue weighted by molar-refractivity contribution is 9.10. The van der Waals surface area contributed by atoms with E-state index >= 15 is 0 Å². The van der Waals surface area contributed by atoms with E-state index in [1.54, 1.807) is 7.11 Å². The summed E-state index contributed by atoms with van der Waals surface area (Å²) >= 11 is 3.58. The second kappa shape index (κ2) is 8.85. The molecule has 3 nitrogen and oxygen atoms in total. The first-order valence-electron chi connectivity index (χ1n) is 10.4. The number of halogens is 1. The fourth-order valence-corrected chi connectivity index (χ4v) is 4.34. The maximum Gasteiger partial charge on any atom is 0.138 e. The SMILES string of the molecule is COc1ccc(-c2nc(-c3ccccc3)c(-c3ccc(-c4ccccc4)cc3)[nH]2)cc1Br. The van der Waals surface area contributed by atoms with Gasteiger partial charge in [-0.1, -0.05) is 84.9 Å². The third kappa shape index (κ3) is 3.97. The average Bonchev–Trinajstić information content (AvgIpc) is 3.31. The summed E-state index contributed by atoms with van der Waals surface area (Å²) in [7, 11) is 1.66. The summed E-state index contributed by atoms with van der Waals surface area (Å²) in [6, 6.07) is 35.3. The van der Waals surface area contributed by atoms with Crippen molar-refractivity contribution in [3.63, 3.8) is 0 Å². The summed E-state index contributed by atoms with van der Waals surface area (Å²) in [4.78, 5) is 8.55. The Morgan fingerprint density at radius 3 is 1.84 bits per heavy atom. The van der Waals surface area contributed by atoms with Crippen LogP contribution in [0.15, 0.2) is 108 Å². The van der Waals surface area contributed by atoms with E-state index in [0.717, 1.165) is 44.1 Å². The van der Waals surface area contributed by atoms with Gasteiger partial charge < -0.3 is 9.72 Å². The van der Waals surface area contributed by atoms with Gasteiger partial charge in [-0.3, -0.25) is 0 Å². The van der Waals surface area contributed by atoms with Gasteiger partial charge in [0.25, 0.3) is 0 Å². The molecule has 0 bridgehead atoms. The van der Waals surface area contributed by atoms with E-state index in [9.17, 15) is 0 Å². The number of hydrogen-bond donors (Lipinski definition) is 1. The highest BCUT2D eigenvalue weighted by Gasteiger charge is 2.16. The van der Waals surface area contributed by atoms with Gasteiger partial charge in [0.05, 0.1) is 23.0 Å². The van der Waals surface area contributed by atoms with E-state index in [-0.39, 0.29) is 0 Å². The summed E-state index contributed by atoms with van der Waals surface area (Å²) in [6.07, 6.45) is 0. The van der Waals surface area contributed by atoms with Gasteiger partial charge in [0.15, 0.2) is 0 Å². The van der Waals surface area contributed by atoms with Gasteiger partial charge in [0.2, 0.25) is 0 Å². The Morgan fingerprint density at radius 2 is 1.22 bits per heavy atom. The highest BCUT2D eigenvalue weighted by Crippen LogP contribution is 2.36. The molecule has 5 rings (SSSR count). The van der Waals surface area contributed by atoms with Crippen LogP contribution in [0.25, 0.3) is 45.0 Å². The van der Waals surface area contributed by atoms with Crippen molar-refractivity contribution in [1.29, 1.82) is 0 Å². The van der Waals surface area contributed by atoms with Crippen LogP contribution >= 0.6 is 15.9 Å². The van der Waals surface area contributed by atoms with Crippen molar-refractivity contribution >= 4 is 15.9 Å². The molecule has 1 N–H and O–H groups in total. The standard InChI is InChI=1S/C28H21BrN2O/c1-32-25-17-16-23(18-24(25)29)28-30-26(21-10-6-3-7-11-21)27(31-28)22-14-12-20(13-15-22)19-8-4-2-5-9-19/h2-18H,1H3,(H,30,31). The summed E-state index contributed by atoms with van der Waals surface area (Å²) in [6.45, 7) is 0. The van der Waals surface area contributed by atoms with E-state index in [1.165, 1.54) is 11.1 Å². The molecule has 0 unspecified atom stereocenters. The van der Waals surface area contributed by atoms with Crippen molar-refractivity contribution in [2.45, 2.75) is 0 Å². The summed E-state index contributed by atoms with van der Waals surface area (Å²) in [5, 5.41) is 0. The predicted molar refractivity (Wildman–Crippen MR) is 135 cm³/mol. The Morgan fingerprint density at radius 1 is 0.656 bits per heavy atom. The second-order valence-electron chi connectivity index (χ2n) is 7.47. The summed E-state index contributed by atoms with van der Waals surface area (Å²) < 4.78 is 6.27. The Labute approximate surface area is 195 Å². The molecule has 5 aromatic rings. The molecule has 4 heteroatoms. The lowest BCUT2D eigenvalue weighted by Crippen LogP contribution is -1.86. The maximum absolute atomic E-state index is 5.37. The number of H-pyrrole nitrogens is 1. The van der Waals surface area contributed by atoms with Gasteiger partial charge in [-0.25, -0.2) is 4.98 Å². The van der Waals surface area contributed by atoms with Crippen LogP contribution in [0, 0.1) is 0 Å². The molecule has 0 fully saturated rings. The van der Waals surface area contributed by atoms with Crippen molar-refractivity contribution in [2.75, 3.05) is 7.11 Å². The van der Waals surface area contributed by atoms with Gasteiger partial charge in [-0.05, 0) is 45.3 Å². The number of benzene rings is 4. The third-order valence-electron chi connectivity index (χ3n) is 5.46. The minimum absolute atomic E-state index is 0.792. The monoisotopic (exact) mass is 480 g/mol. The zero-order valence-corrected chi connectivity index (χ0v) is 19.1. The van der Waals surface area contributed by atoms with Gasteiger partial charge in [-0.15, -0.1) is 0 Å². The zero-order valence-electron chi connectivity index (χ0n) is 17.5. The summed E-state index contributed by atoms with van der Waals surface area (Å²) in [5.41, 5.74) is 7.48. The molecule has 0 aliphatic rings. The van der Waals surface area contributed by atoms with Crippen molar-refractivity contribution in [2.24, 2.45) is 0 Å². The molecule has 0 aliphatic carbocycles. The number of imidazole rings is 1. The van der Waals surface area contributed by atoms with Crippen molar-refractivity contribution < 1.29 is 4.74 Å². The van der Waals surface area contributed by atoms with E-state index in [0.29, 0.717) is 0 Å². The number of nitrogens with one attached hydrogen (secondary N) is 1. The number of methoxy groups -OCH3 is 1. The molecule has 4 aromatic carbocycles. The molecule has 1 heterocycles. The van der Waals surface area contributed by atoms with Crippen molar-refractivity contribution in [1.82, 2.24) is 9.97 Å². The average molecular weight is 481 g/mol. The van der Waals surface area contributed by atoms with Gasteiger partial charge in [0, 0.05) is 16.7 Å². The molecule has 32 heavy (non-hydrogen) atoms. The Balaban J connectivity index is 1.60. The van der Waals surface area contributed by atoms with Crippen LogP contribution in [0.3, 0.4) is 0 Å². The van der Waals surface area contributed by atoms with Crippen LogP contribution in [-0.4, -0.2) is 17.1 Å². The molecule has 0 saturated heterocycles. The smallest absolute Gasteiger partial charge is 0.138 e. The predicted octanol–water partition coefficient (Wildman–Crippen LogP) is 7.85. The van der Waals surface area contributed by atoms with Gasteiger partial charge in [-0.2, -0.15) is 0 Å². The molecule has 156 valence electrons. The maximum atomic E-state index is 5.37. The van der Waals surface area contributed by atoms with E-state index in [2.05, 4.69) is 81.6 Å². The molecule has 0 saturated carbocycles. The molecule has 0 atom stereocenters. The van der Waals surface area contributed by atoms with Crippen LogP contribution in [0.5, 0.6) is 5.75 Å².